The number of anilines is 1. The summed E-state index contributed by atoms with van der Waals surface area (Å²) in [6.45, 7) is 5.88. The summed E-state index contributed by atoms with van der Waals surface area (Å²) < 4.78 is 5.77. The van der Waals surface area contributed by atoms with Gasteiger partial charge < -0.3 is 10.1 Å². The summed E-state index contributed by atoms with van der Waals surface area (Å²) in [5, 5.41) is 4.19. The van der Waals surface area contributed by atoms with E-state index in [0.29, 0.717) is 0 Å². The SMILES string of the molecule is CCCCCCOc1ccc(CNc2cc(Cl)ccc2C)cc1. The molecular formula is C20H26ClNO. The predicted octanol–water partition coefficient (Wildman–Crippen LogP) is 6.22. The Morgan fingerprint density at radius 3 is 2.52 bits per heavy atom. The molecule has 0 bridgehead atoms. The van der Waals surface area contributed by atoms with Crippen LogP contribution in [0.2, 0.25) is 5.02 Å². The monoisotopic (exact) mass is 331 g/mol. The molecule has 0 fully saturated rings. The Kier molecular flexibility index (Phi) is 7.28. The van der Waals surface area contributed by atoms with Crippen LogP contribution in [0.15, 0.2) is 42.5 Å². The van der Waals surface area contributed by atoms with Crippen molar-refractivity contribution in [1.82, 2.24) is 0 Å². The summed E-state index contributed by atoms with van der Waals surface area (Å²) in [4.78, 5) is 0. The van der Waals surface area contributed by atoms with E-state index in [1.807, 2.05) is 30.3 Å². The summed E-state index contributed by atoms with van der Waals surface area (Å²) in [5.74, 6) is 0.948. The van der Waals surface area contributed by atoms with Crippen LogP contribution in [0.25, 0.3) is 0 Å². The molecule has 2 nitrogen and oxygen atoms in total. The number of rotatable bonds is 9. The molecule has 0 aliphatic carbocycles. The zero-order chi connectivity index (χ0) is 16.5. The van der Waals surface area contributed by atoms with Gasteiger partial charge in [0.25, 0.3) is 0 Å². The molecule has 0 amide bonds. The van der Waals surface area contributed by atoms with Gasteiger partial charge in [-0.3, -0.25) is 0 Å². The van der Waals surface area contributed by atoms with Crippen LogP contribution in [0.4, 0.5) is 5.69 Å². The van der Waals surface area contributed by atoms with Crippen molar-refractivity contribution >= 4 is 17.3 Å². The molecule has 3 heteroatoms. The molecule has 0 unspecified atom stereocenters. The largest absolute Gasteiger partial charge is 0.494 e. The minimum Gasteiger partial charge on any atom is -0.494 e. The molecule has 0 heterocycles. The third kappa shape index (κ3) is 6.15. The average Bonchev–Trinajstić information content (AvgIpc) is 2.56. The maximum atomic E-state index is 6.04. The maximum Gasteiger partial charge on any atom is 0.119 e. The van der Waals surface area contributed by atoms with Crippen molar-refractivity contribution in [2.24, 2.45) is 0 Å². The third-order valence-corrected chi connectivity index (χ3v) is 4.11. The summed E-state index contributed by atoms with van der Waals surface area (Å²) in [6, 6.07) is 14.2. The van der Waals surface area contributed by atoms with Crippen LogP contribution in [0.5, 0.6) is 5.75 Å². The number of halogens is 1. The first kappa shape index (κ1) is 17.7. The normalized spacial score (nSPS) is 10.6. The van der Waals surface area contributed by atoms with E-state index in [4.69, 9.17) is 16.3 Å². The second-order valence-electron chi connectivity index (χ2n) is 5.87. The summed E-state index contributed by atoms with van der Waals surface area (Å²) >= 11 is 6.04. The van der Waals surface area contributed by atoms with E-state index in [1.54, 1.807) is 0 Å². The molecule has 2 aromatic carbocycles. The first-order chi connectivity index (χ1) is 11.2. The smallest absolute Gasteiger partial charge is 0.119 e. The summed E-state index contributed by atoms with van der Waals surface area (Å²) in [7, 11) is 0. The van der Waals surface area contributed by atoms with Crippen LogP contribution in [-0.2, 0) is 6.54 Å². The van der Waals surface area contributed by atoms with Gasteiger partial charge in [-0.15, -0.1) is 0 Å². The molecule has 1 N–H and O–H groups in total. The van der Waals surface area contributed by atoms with E-state index in [1.165, 1.54) is 30.4 Å². The van der Waals surface area contributed by atoms with E-state index < -0.39 is 0 Å². The van der Waals surface area contributed by atoms with E-state index >= 15 is 0 Å². The van der Waals surface area contributed by atoms with Gasteiger partial charge in [0.1, 0.15) is 5.75 Å². The summed E-state index contributed by atoms with van der Waals surface area (Å²) in [6.07, 6.45) is 4.92. The number of hydrogen-bond donors (Lipinski definition) is 1. The standard InChI is InChI=1S/C20H26ClNO/c1-3-4-5-6-13-23-19-11-8-17(9-12-19)15-22-20-14-18(21)10-7-16(20)2/h7-12,14,22H,3-6,13,15H2,1-2H3. The van der Waals surface area contributed by atoms with E-state index in [-0.39, 0.29) is 0 Å². The van der Waals surface area contributed by atoms with Crippen molar-refractivity contribution in [3.05, 3.63) is 58.6 Å². The number of ether oxygens (including phenoxy) is 1. The number of nitrogens with one attached hydrogen (secondary N) is 1. The molecule has 2 aromatic rings. The van der Waals surface area contributed by atoms with Crippen LogP contribution in [-0.4, -0.2) is 6.61 Å². The predicted molar refractivity (Wildman–Crippen MR) is 99.6 cm³/mol. The molecule has 0 aliphatic rings. The van der Waals surface area contributed by atoms with Crippen LogP contribution in [0.1, 0.15) is 43.7 Å². The number of hydrogen-bond acceptors (Lipinski definition) is 2. The average molecular weight is 332 g/mol. The van der Waals surface area contributed by atoms with Crippen molar-refractivity contribution in [3.63, 3.8) is 0 Å². The van der Waals surface area contributed by atoms with Crippen LogP contribution >= 0.6 is 11.6 Å². The van der Waals surface area contributed by atoms with Crippen molar-refractivity contribution in [1.29, 1.82) is 0 Å². The fourth-order valence-corrected chi connectivity index (χ4v) is 2.58. The molecule has 0 aliphatic heterocycles. The maximum absolute atomic E-state index is 6.04. The Morgan fingerprint density at radius 2 is 1.78 bits per heavy atom. The lowest BCUT2D eigenvalue weighted by Crippen LogP contribution is -2.01. The second kappa shape index (κ2) is 9.46. The van der Waals surface area contributed by atoms with Gasteiger partial charge in [-0.25, -0.2) is 0 Å². The highest BCUT2D eigenvalue weighted by molar-refractivity contribution is 6.30. The lowest BCUT2D eigenvalue weighted by Gasteiger charge is -2.11. The Morgan fingerprint density at radius 1 is 1.00 bits per heavy atom. The minimum absolute atomic E-state index is 0.755. The molecule has 0 aromatic heterocycles. The molecule has 0 saturated heterocycles. The van der Waals surface area contributed by atoms with Crippen molar-refractivity contribution in [2.45, 2.75) is 46.1 Å². The molecule has 23 heavy (non-hydrogen) atoms. The zero-order valence-electron chi connectivity index (χ0n) is 14.1. The highest BCUT2D eigenvalue weighted by atomic mass is 35.5. The van der Waals surface area contributed by atoms with Crippen LogP contribution in [0, 0.1) is 6.92 Å². The third-order valence-electron chi connectivity index (χ3n) is 3.87. The Balaban J connectivity index is 1.79. The Labute approximate surface area is 144 Å². The number of aryl methyl sites for hydroxylation is 1. The van der Waals surface area contributed by atoms with Gasteiger partial charge in [0.15, 0.2) is 0 Å². The van der Waals surface area contributed by atoms with E-state index in [2.05, 4.69) is 31.3 Å². The van der Waals surface area contributed by atoms with Crippen LogP contribution < -0.4 is 10.1 Å². The molecule has 0 atom stereocenters. The van der Waals surface area contributed by atoms with Gasteiger partial charge in [-0.05, 0) is 48.7 Å². The second-order valence-corrected chi connectivity index (χ2v) is 6.30. The quantitative estimate of drug-likeness (QED) is 0.551. The highest BCUT2D eigenvalue weighted by Crippen LogP contribution is 2.21. The zero-order valence-corrected chi connectivity index (χ0v) is 14.8. The minimum atomic E-state index is 0.755. The lowest BCUT2D eigenvalue weighted by atomic mass is 10.1. The Bertz CT molecular complexity index is 595. The Hall–Kier alpha value is -1.67. The van der Waals surface area contributed by atoms with Gasteiger partial charge in [0, 0.05) is 17.3 Å². The number of benzene rings is 2. The first-order valence-corrected chi connectivity index (χ1v) is 8.78. The van der Waals surface area contributed by atoms with Gasteiger partial charge in [-0.2, -0.15) is 0 Å². The van der Waals surface area contributed by atoms with Crippen LogP contribution in [0.3, 0.4) is 0 Å². The van der Waals surface area contributed by atoms with Gasteiger partial charge in [-0.1, -0.05) is 56.0 Å². The first-order valence-electron chi connectivity index (χ1n) is 8.41. The molecule has 124 valence electrons. The van der Waals surface area contributed by atoms with Crippen molar-refractivity contribution in [3.8, 4) is 5.75 Å². The fraction of sp³-hybridized carbons (Fsp3) is 0.400. The van der Waals surface area contributed by atoms with E-state index in [9.17, 15) is 0 Å². The van der Waals surface area contributed by atoms with Gasteiger partial charge >= 0.3 is 0 Å². The van der Waals surface area contributed by atoms with Crippen molar-refractivity contribution in [2.75, 3.05) is 11.9 Å². The van der Waals surface area contributed by atoms with Gasteiger partial charge in [0.2, 0.25) is 0 Å². The highest BCUT2D eigenvalue weighted by Gasteiger charge is 2.00. The molecular weight excluding hydrogens is 306 g/mol. The lowest BCUT2D eigenvalue weighted by molar-refractivity contribution is 0.305. The molecule has 0 saturated carbocycles. The number of unbranched alkanes of at least 4 members (excludes halogenated alkanes) is 3. The molecule has 0 spiro atoms. The topological polar surface area (TPSA) is 21.3 Å². The van der Waals surface area contributed by atoms with Crippen molar-refractivity contribution < 1.29 is 4.74 Å². The van der Waals surface area contributed by atoms with E-state index in [0.717, 1.165) is 36.0 Å². The molecule has 0 radical (unpaired) electrons. The summed E-state index contributed by atoms with van der Waals surface area (Å²) in [5.41, 5.74) is 3.50. The van der Waals surface area contributed by atoms with Gasteiger partial charge in [0.05, 0.1) is 6.61 Å². The molecule has 2 rings (SSSR count). The fourth-order valence-electron chi connectivity index (χ4n) is 2.40.